The van der Waals surface area contributed by atoms with Crippen LogP contribution in [0.3, 0.4) is 0 Å². The molecule has 0 atom stereocenters. The van der Waals surface area contributed by atoms with Gasteiger partial charge in [0.2, 0.25) is 0 Å². The first kappa shape index (κ1) is 11.3. The van der Waals surface area contributed by atoms with Crippen molar-refractivity contribution < 1.29 is 19.4 Å². The molecule has 2 aromatic rings. The third-order valence-corrected chi connectivity index (χ3v) is 2.74. The lowest BCUT2D eigenvalue weighted by Crippen LogP contribution is -2.23. The highest BCUT2D eigenvalue weighted by Crippen LogP contribution is 2.32. The molecule has 17 heavy (non-hydrogen) atoms. The number of aromatic hydroxyl groups is 1. The molecule has 1 amide bonds. The van der Waals surface area contributed by atoms with E-state index in [4.69, 9.17) is 9.52 Å². The van der Waals surface area contributed by atoms with E-state index < -0.39 is 6.09 Å². The minimum absolute atomic E-state index is 0.146. The summed E-state index contributed by atoms with van der Waals surface area (Å²) in [5, 5.41) is 19.2. The van der Waals surface area contributed by atoms with Crippen LogP contribution in [-0.2, 0) is 6.54 Å². The Hall–Kier alpha value is -2.17. The maximum absolute atomic E-state index is 10.7. The van der Waals surface area contributed by atoms with Crippen LogP contribution in [0.25, 0.3) is 11.0 Å². The lowest BCUT2D eigenvalue weighted by molar-refractivity contribution is 0.150. The molecule has 90 valence electrons. The Morgan fingerprint density at radius 3 is 2.76 bits per heavy atom. The number of furan rings is 1. The van der Waals surface area contributed by atoms with E-state index in [9.17, 15) is 9.90 Å². The molecule has 5 nitrogen and oxygen atoms in total. The molecule has 0 aliphatic rings. The SMILES string of the molecule is Cc1c(CN(C)C(=O)O)oc2cccc(O)c12. The number of aryl methyl sites for hydroxylation is 1. The smallest absolute Gasteiger partial charge is 0.407 e. The number of hydrogen-bond acceptors (Lipinski definition) is 3. The zero-order valence-corrected chi connectivity index (χ0v) is 9.60. The molecule has 0 aliphatic carbocycles. The molecule has 0 fully saturated rings. The van der Waals surface area contributed by atoms with E-state index in [1.165, 1.54) is 7.05 Å². The number of carbonyl (C=O) groups is 1. The molecule has 0 unspecified atom stereocenters. The number of amides is 1. The molecule has 0 bridgehead atoms. The van der Waals surface area contributed by atoms with Gasteiger partial charge >= 0.3 is 6.09 Å². The van der Waals surface area contributed by atoms with Crippen molar-refractivity contribution in [1.29, 1.82) is 0 Å². The molecule has 0 aliphatic heterocycles. The van der Waals surface area contributed by atoms with Gasteiger partial charge in [0.1, 0.15) is 17.1 Å². The second-order valence-corrected chi connectivity index (χ2v) is 3.94. The molecular formula is C12H13NO4. The van der Waals surface area contributed by atoms with Crippen LogP contribution >= 0.6 is 0 Å². The first-order chi connectivity index (χ1) is 8.00. The summed E-state index contributed by atoms with van der Waals surface area (Å²) in [5.41, 5.74) is 1.34. The summed E-state index contributed by atoms with van der Waals surface area (Å²) in [4.78, 5) is 11.9. The molecule has 2 rings (SSSR count). The topological polar surface area (TPSA) is 73.9 Å². The minimum atomic E-state index is -1.02. The number of rotatable bonds is 2. The van der Waals surface area contributed by atoms with Gasteiger partial charge in [-0.1, -0.05) is 6.07 Å². The highest BCUT2D eigenvalue weighted by molar-refractivity contribution is 5.88. The number of nitrogens with zero attached hydrogens (tertiary/aromatic N) is 1. The lowest BCUT2D eigenvalue weighted by atomic mass is 10.1. The standard InChI is InChI=1S/C12H13NO4/c1-7-10(6-13(2)12(15)16)17-9-5-3-4-8(14)11(7)9/h3-5,14H,6H2,1-2H3,(H,15,16). The van der Waals surface area contributed by atoms with Crippen LogP contribution in [0.15, 0.2) is 22.6 Å². The Bertz CT molecular complexity index is 573. The van der Waals surface area contributed by atoms with Crippen LogP contribution in [0, 0.1) is 6.92 Å². The van der Waals surface area contributed by atoms with Gasteiger partial charge in [0.05, 0.1) is 11.9 Å². The van der Waals surface area contributed by atoms with Crippen molar-refractivity contribution in [3.05, 3.63) is 29.5 Å². The molecule has 1 aromatic carbocycles. The summed E-state index contributed by atoms with van der Waals surface area (Å²) in [6.07, 6.45) is -1.02. The summed E-state index contributed by atoms with van der Waals surface area (Å²) in [6.45, 7) is 1.96. The molecule has 2 N–H and O–H groups in total. The van der Waals surface area contributed by atoms with Gasteiger partial charge in [-0.25, -0.2) is 4.79 Å². The van der Waals surface area contributed by atoms with Crippen molar-refractivity contribution in [3.63, 3.8) is 0 Å². The van der Waals surface area contributed by atoms with E-state index in [1.54, 1.807) is 25.1 Å². The van der Waals surface area contributed by atoms with Crippen LogP contribution < -0.4 is 0 Å². The van der Waals surface area contributed by atoms with Crippen LogP contribution in [0.2, 0.25) is 0 Å². The van der Waals surface area contributed by atoms with E-state index >= 15 is 0 Å². The largest absolute Gasteiger partial charge is 0.507 e. The molecule has 1 aromatic heterocycles. The Morgan fingerprint density at radius 2 is 2.18 bits per heavy atom. The fraction of sp³-hybridized carbons (Fsp3) is 0.250. The molecule has 0 saturated heterocycles. The third-order valence-electron chi connectivity index (χ3n) is 2.74. The predicted molar refractivity (Wildman–Crippen MR) is 62.1 cm³/mol. The Morgan fingerprint density at radius 1 is 1.47 bits per heavy atom. The van der Waals surface area contributed by atoms with Crippen molar-refractivity contribution in [2.75, 3.05) is 7.05 Å². The predicted octanol–water partition coefficient (Wildman–Crippen LogP) is 2.56. The fourth-order valence-corrected chi connectivity index (χ4v) is 1.76. The monoisotopic (exact) mass is 235 g/mol. The van der Waals surface area contributed by atoms with Crippen LogP contribution in [0.5, 0.6) is 5.75 Å². The molecule has 1 heterocycles. The van der Waals surface area contributed by atoms with Crippen molar-refractivity contribution in [3.8, 4) is 5.75 Å². The van der Waals surface area contributed by atoms with Gasteiger partial charge in [-0.3, -0.25) is 0 Å². The molecule has 5 heteroatoms. The van der Waals surface area contributed by atoms with Crippen molar-refractivity contribution in [2.24, 2.45) is 0 Å². The molecule has 0 radical (unpaired) electrons. The van der Waals surface area contributed by atoms with Gasteiger partial charge in [-0.05, 0) is 19.1 Å². The average molecular weight is 235 g/mol. The number of benzene rings is 1. The molecule has 0 spiro atoms. The van der Waals surface area contributed by atoms with Crippen molar-refractivity contribution in [1.82, 2.24) is 4.90 Å². The zero-order valence-electron chi connectivity index (χ0n) is 9.60. The summed E-state index contributed by atoms with van der Waals surface area (Å²) < 4.78 is 5.54. The lowest BCUT2D eigenvalue weighted by Gasteiger charge is -2.10. The number of phenolic OH excluding ortho intramolecular Hbond substituents is 1. The summed E-state index contributed by atoms with van der Waals surface area (Å²) in [5.74, 6) is 0.694. The second kappa shape index (κ2) is 4.01. The Kier molecular flexibility index (Phi) is 2.67. The first-order valence-electron chi connectivity index (χ1n) is 5.14. The van der Waals surface area contributed by atoms with E-state index in [0.717, 1.165) is 10.5 Å². The molecular weight excluding hydrogens is 222 g/mol. The second-order valence-electron chi connectivity index (χ2n) is 3.94. The summed E-state index contributed by atoms with van der Waals surface area (Å²) >= 11 is 0. The number of hydrogen-bond donors (Lipinski definition) is 2. The maximum atomic E-state index is 10.7. The van der Waals surface area contributed by atoms with Gasteiger partial charge in [0, 0.05) is 12.6 Å². The number of phenols is 1. The maximum Gasteiger partial charge on any atom is 0.407 e. The Balaban J connectivity index is 2.46. The van der Waals surface area contributed by atoms with Gasteiger partial charge in [-0.2, -0.15) is 0 Å². The fourth-order valence-electron chi connectivity index (χ4n) is 1.76. The molecule has 0 saturated carbocycles. The summed E-state index contributed by atoms with van der Waals surface area (Å²) in [7, 11) is 1.47. The van der Waals surface area contributed by atoms with Crippen LogP contribution in [0.4, 0.5) is 4.79 Å². The van der Waals surface area contributed by atoms with Gasteiger partial charge in [0.25, 0.3) is 0 Å². The van der Waals surface area contributed by atoms with E-state index in [0.29, 0.717) is 16.7 Å². The zero-order chi connectivity index (χ0) is 12.6. The number of fused-ring (bicyclic) bond motifs is 1. The van der Waals surface area contributed by atoms with E-state index in [1.807, 2.05) is 0 Å². The van der Waals surface area contributed by atoms with Gasteiger partial charge in [-0.15, -0.1) is 0 Å². The highest BCUT2D eigenvalue weighted by atomic mass is 16.4. The first-order valence-corrected chi connectivity index (χ1v) is 5.14. The van der Waals surface area contributed by atoms with Crippen molar-refractivity contribution in [2.45, 2.75) is 13.5 Å². The number of carboxylic acid groups (broad SMARTS) is 1. The van der Waals surface area contributed by atoms with Gasteiger partial charge in [0.15, 0.2) is 0 Å². The third kappa shape index (κ3) is 1.91. The summed E-state index contributed by atoms with van der Waals surface area (Å²) in [6, 6.07) is 5.01. The Labute approximate surface area is 97.9 Å². The van der Waals surface area contributed by atoms with E-state index in [-0.39, 0.29) is 12.3 Å². The minimum Gasteiger partial charge on any atom is -0.507 e. The van der Waals surface area contributed by atoms with Crippen LogP contribution in [-0.4, -0.2) is 28.3 Å². The van der Waals surface area contributed by atoms with Crippen LogP contribution in [0.1, 0.15) is 11.3 Å². The quantitative estimate of drug-likeness (QED) is 0.838. The average Bonchev–Trinajstić information content (AvgIpc) is 2.57. The normalized spacial score (nSPS) is 10.7. The van der Waals surface area contributed by atoms with Gasteiger partial charge < -0.3 is 19.5 Å². The van der Waals surface area contributed by atoms with E-state index in [2.05, 4.69) is 0 Å². The van der Waals surface area contributed by atoms with Crippen molar-refractivity contribution >= 4 is 17.1 Å². The highest BCUT2D eigenvalue weighted by Gasteiger charge is 2.16.